The normalized spacial score (nSPS) is 20.4. The SMILES string of the molecule is O=C(CCc1ccccc1)N1CCCC(OCCc2noc(C3CCOCC3)n2)C1. The van der Waals surface area contributed by atoms with E-state index in [1.54, 1.807) is 0 Å². The van der Waals surface area contributed by atoms with Crippen molar-refractivity contribution in [2.75, 3.05) is 32.9 Å². The van der Waals surface area contributed by atoms with Crippen LogP contribution in [0.15, 0.2) is 34.9 Å². The molecule has 0 aliphatic carbocycles. The largest absolute Gasteiger partial charge is 0.381 e. The molecule has 1 unspecified atom stereocenters. The Morgan fingerprint density at radius 3 is 2.80 bits per heavy atom. The minimum absolute atomic E-state index is 0.0845. The molecule has 0 spiro atoms. The first-order chi connectivity index (χ1) is 14.8. The topological polar surface area (TPSA) is 77.7 Å². The molecule has 1 amide bonds. The molecule has 2 aliphatic heterocycles. The number of carbonyl (C=O) groups is 1. The maximum Gasteiger partial charge on any atom is 0.229 e. The third-order valence-electron chi connectivity index (χ3n) is 5.93. The molecule has 7 heteroatoms. The van der Waals surface area contributed by atoms with Crippen molar-refractivity contribution in [1.29, 1.82) is 0 Å². The van der Waals surface area contributed by atoms with Crippen LogP contribution >= 0.6 is 0 Å². The minimum atomic E-state index is 0.0845. The van der Waals surface area contributed by atoms with E-state index in [4.69, 9.17) is 14.0 Å². The second-order valence-electron chi connectivity index (χ2n) is 8.15. The lowest BCUT2D eigenvalue weighted by Gasteiger charge is -2.32. The number of piperidine rings is 1. The maximum atomic E-state index is 12.6. The predicted molar refractivity (Wildman–Crippen MR) is 111 cm³/mol. The predicted octanol–water partition coefficient (Wildman–Crippen LogP) is 3.15. The number of aromatic nitrogens is 2. The Labute approximate surface area is 177 Å². The van der Waals surface area contributed by atoms with Crippen molar-refractivity contribution < 1.29 is 18.8 Å². The molecule has 0 radical (unpaired) electrons. The van der Waals surface area contributed by atoms with Crippen molar-refractivity contribution in [2.45, 2.75) is 57.0 Å². The third kappa shape index (κ3) is 5.89. The highest BCUT2D eigenvalue weighted by Gasteiger charge is 2.25. The summed E-state index contributed by atoms with van der Waals surface area (Å²) in [5.74, 6) is 1.95. The third-order valence-corrected chi connectivity index (χ3v) is 5.93. The maximum absolute atomic E-state index is 12.6. The van der Waals surface area contributed by atoms with Crippen LogP contribution in [-0.2, 0) is 27.1 Å². The van der Waals surface area contributed by atoms with Crippen LogP contribution < -0.4 is 0 Å². The van der Waals surface area contributed by atoms with Crippen molar-refractivity contribution >= 4 is 5.91 Å². The number of benzene rings is 1. The summed E-state index contributed by atoms with van der Waals surface area (Å²) in [6.07, 6.45) is 5.90. The molecule has 30 heavy (non-hydrogen) atoms. The summed E-state index contributed by atoms with van der Waals surface area (Å²) >= 11 is 0. The van der Waals surface area contributed by atoms with E-state index in [0.29, 0.717) is 37.7 Å². The van der Waals surface area contributed by atoms with E-state index < -0.39 is 0 Å². The van der Waals surface area contributed by atoms with Gasteiger partial charge in [-0.1, -0.05) is 35.5 Å². The summed E-state index contributed by atoms with van der Waals surface area (Å²) in [5.41, 5.74) is 1.20. The summed E-state index contributed by atoms with van der Waals surface area (Å²) < 4.78 is 16.9. The van der Waals surface area contributed by atoms with Crippen LogP contribution in [-0.4, -0.2) is 60.0 Å². The Balaban J connectivity index is 1.18. The van der Waals surface area contributed by atoms with E-state index in [1.807, 2.05) is 23.1 Å². The molecular weight excluding hydrogens is 382 g/mol. The van der Waals surface area contributed by atoms with E-state index in [9.17, 15) is 4.79 Å². The van der Waals surface area contributed by atoms with Gasteiger partial charge < -0.3 is 18.9 Å². The van der Waals surface area contributed by atoms with Crippen molar-refractivity contribution in [3.63, 3.8) is 0 Å². The zero-order valence-corrected chi connectivity index (χ0v) is 17.5. The van der Waals surface area contributed by atoms with Gasteiger partial charge in [0.25, 0.3) is 0 Å². The van der Waals surface area contributed by atoms with Gasteiger partial charge in [-0.05, 0) is 37.7 Å². The van der Waals surface area contributed by atoms with E-state index >= 15 is 0 Å². The van der Waals surface area contributed by atoms with Gasteiger partial charge in [0, 0.05) is 45.1 Å². The number of amides is 1. The van der Waals surface area contributed by atoms with Crippen molar-refractivity contribution in [3.05, 3.63) is 47.6 Å². The van der Waals surface area contributed by atoms with Crippen LogP contribution in [0, 0.1) is 0 Å². The summed E-state index contributed by atoms with van der Waals surface area (Å²) in [7, 11) is 0. The molecule has 2 fully saturated rings. The van der Waals surface area contributed by atoms with Crippen LogP contribution in [0.4, 0.5) is 0 Å². The van der Waals surface area contributed by atoms with Gasteiger partial charge in [0.1, 0.15) is 0 Å². The lowest BCUT2D eigenvalue weighted by atomic mass is 10.0. The number of hydrogen-bond donors (Lipinski definition) is 0. The fourth-order valence-corrected chi connectivity index (χ4v) is 4.15. The Bertz CT molecular complexity index is 789. The summed E-state index contributed by atoms with van der Waals surface area (Å²) in [6.45, 7) is 3.56. The summed E-state index contributed by atoms with van der Waals surface area (Å²) in [6, 6.07) is 10.2. The van der Waals surface area contributed by atoms with Crippen molar-refractivity contribution in [2.24, 2.45) is 0 Å². The number of carbonyl (C=O) groups excluding carboxylic acids is 1. The van der Waals surface area contributed by atoms with Crippen LogP contribution in [0.1, 0.15) is 55.3 Å². The number of rotatable bonds is 8. The Morgan fingerprint density at radius 2 is 1.97 bits per heavy atom. The molecule has 1 atom stereocenters. The van der Waals surface area contributed by atoms with Gasteiger partial charge in [0.15, 0.2) is 5.82 Å². The fraction of sp³-hybridized carbons (Fsp3) is 0.609. The lowest BCUT2D eigenvalue weighted by molar-refractivity contribution is -0.135. The van der Waals surface area contributed by atoms with Crippen LogP contribution in [0.2, 0.25) is 0 Å². The number of ether oxygens (including phenoxy) is 2. The Hall–Kier alpha value is -2.25. The average Bonchev–Trinajstić information content (AvgIpc) is 3.28. The number of nitrogens with zero attached hydrogens (tertiary/aromatic N) is 3. The monoisotopic (exact) mass is 413 g/mol. The van der Waals surface area contributed by atoms with Gasteiger partial charge in [-0.3, -0.25) is 4.79 Å². The zero-order valence-electron chi connectivity index (χ0n) is 17.5. The summed E-state index contributed by atoms with van der Waals surface area (Å²) in [4.78, 5) is 19.1. The first kappa shape index (κ1) is 21.0. The van der Waals surface area contributed by atoms with E-state index in [2.05, 4.69) is 22.3 Å². The smallest absolute Gasteiger partial charge is 0.229 e. The van der Waals surface area contributed by atoms with Gasteiger partial charge in [0.05, 0.1) is 12.7 Å². The van der Waals surface area contributed by atoms with E-state index in [-0.39, 0.29) is 12.0 Å². The van der Waals surface area contributed by atoms with Gasteiger partial charge in [-0.2, -0.15) is 4.98 Å². The van der Waals surface area contributed by atoms with Crippen LogP contribution in [0.5, 0.6) is 0 Å². The number of hydrogen-bond acceptors (Lipinski definition) is 6. The Morgan fingerprint density at radius 1 is 1.13 bits per heavy atom. The Kier molecular flexibility index (Phi) is 7.48. The van der Waals surface area contributed by atoms with Crippen molar-refractivity contribution in [3.8, 4) is 0 Å². The molecule has 1 aromatic heterocycles. The van der Waals surface area contributed by atoms with E-state index in [0.717, 1.165) is 57.8 Å². The molecule has 0 bridgehead atoms. The molecule has 2 aromatic rings. The molecule has 3 heterocycles. The quantitative estimate of drug-likeness (QED) is 0.662. The molecule has 1 aromatic carbocycles. The fourth-order valence-electron chi connectivity index (χ4n) is 4.15. The van der Waals surface area contributed by atoms with Crippen LogP contribution in [0.25, 0.3) is 0 Å². The van der Waals surface area contributed by atoms with Crippen molar-refractivity contribution in [1.82, 2.24) is 15.0 Å². The van der Waals surface area contributed by atoms with Gasteiger partial charge in [-0.25, -0.2) is 0 Å². The van der Waals surface area contributed by atoms with Crippen LogP contribution in [0.3, 0.4) is 0 Å². The minimum Gasteiger partial charge on any atom is -0.381 e. The molecule has 0 saturated carbocycles. The standard InChI is InChI=1S/C23H31N3O4/c27-22(9-8-18-5-2-1-3-6-18)26-13-4-7-20(17-26)29-16-12-21-24-23(30-25-21)19-10-14-28-15-11-19/h1-3,5-6,19-20H,4,7-17H2. The zero-order chi connectivity index (χ0) is 20.6. The van der Waals surface area contributed by atoms with E-state index in [1.165, 1.54) is 5.56 Å². The molecule has 7 nitrogen and oxygen atoms in total. The van der Waals surface area contributed by atoms with Gasteiger partial charge in [-0.15, -0.1) is 0 Å². The highest BCUT2D eigenvalue weighted by Crippen LogP contribution is 2.25. The first-order valence-corrected chi connectivity index (χ1v) is 11.1. The second kappa shape index (κ2) is 10.7. The lowest BCUT2D eigenvalue weighted by Crippen LogP contribution is -2.43. The average molecular weight is 414 g/mol. The molecule has 4 rings (SSSR count). The molecule has 2 saturated heterocycles. The second-order valence-corrected chi connectivity index (χ2v) is 8.15. The first-order valence-electron chi connectivity index (χ1n) is 11.1. The molecular formula is C23H31N3O4. The molecule has 162 valence electrons. The highest BCUT2D eigenvalue weighted by molar-refractivity contribution is 5.76. The van der Waals surface area contributed by atoms with Gasteiger partial charge >= 0.3 is 0 Å². The number of likely N-dealkylation sites (tertiary alicyclic amines) is 1. The molecule has 0 N–H and O–H groups in total. The summed E-state index contributed by atoms with van der Waals surface area (Å²) in [5, 5.41) is 4.10. The molecule has 2 aliphatic rings. The highest BCUT2D eigenvalue weighted by atomic mass is 16.5. The van der Waals surface area contributed by atoms with Gasteiger partial charge in [0.2, 0.25) is 11.8 Å². The number of aryl methyl sites for hydroxylation is 1.